The van der Waals surface area contributed by atoms with Crippen molar-refractivity contribution >= 4 is 23.2 Å². The number of hydrogen-bond acceptors (Lipinski definition) is 3. The minimum Gasteiger partial charge on any atom is -0.319 e. The highest BCUT2D eigenvalue weighted by Gasteiger charge is 2.18. The van der Waals surface area contributed by atoms with E-state index in [0.29, 0.717) is 17.1 Å². The summed E-state index contributed by atoms with van der Waals surface area (Å²) in [5.74, 6) is -0.186. The first-order chi connectivity index (χ1) is 11.9. The van der Waals surface area contributed by atoms with E-state index in [1.54, 1.807) is 10.9 Å². The van der Waals surface area contributed by atoms with Crippen molar-refractivity contribution < 1.29 is 4.79 Å². The Hall–Kier alpha value is -2.60. The van der Waals surface area contributed by atoms with Gasteiger partial charge in [0.2, 0.25) is 0 Å². The van der Waals surface area contributed by atoms with Gasteiger partial charge < -0.3 is 5.32 Å². The van der Waals surface area contributed by atoms with Crippen LogP contribution in [0.2, 0.25) is 5.02 Å². The summed E-state index contributed by atoms with van der Waals surface area (Å²) in [6.45, 7) is 6.22. The average molecular weight is 358 g/mol. The van der Waals surface area contributed by atoms with Crippen LogP contribution in [0.3, 0.4) is 0 Å². The molecule has 0 radical (unpaired) electrons. The fraction of sp³-hybridized carbons (Fsp3) is 0.278. The summed E-state index contributed by atoms with van der Waals surface area (Å²) in [4.78, 5) is 12.6. The minimum atomic E-state index is -0.186. The Morgan fingerprint density at radius 1 is 1.20 bits per heavy atom. The lowest BCUT2D eigenvalue weighted by Crippen LogP contribution is -2.14. The number of aryl methyl sites for hydroxylation is 2. The summed E-state index contributed by atoms with van der Waals surface area (Å²) in [6.07, 6.45) is 1.57. The Kier molecular flexibility index (Phi) is 4.63. The molecule has 0 aliphatic carbocycles. The summed E-state index contributed by atoms with van der Waals surface area (Å²) >= 11 is 6.24. The van der Waals surface area contributed by atoms with Crippen molar-refractivity contribution in [2.24, 2.45) is 7.05 Å². The van der Waals surface area contributed by atoms with E-state index in [-0.39, 0.29) is 5.91 Å². The third-order valence-electron chi connectivity index (χ3n) is 4.38. The molecule has 25 heavy (non-hydrogen) atoms. The SMILES string of the molecule is Cc1nn(Cc2ccccc2Cl)c(C)c1NC(=O)c1cnn(C)c1C. The predicted octanol–water partition coefficient (Wildman–Crippen LogP) is 3.50. The third-order valence-corrected chi connectivity index (χ3v) is 4.75. The number of anilines is 1. The van der Waals surface area contributed by atoms with Gasteiger partial charge in [-0.3, -0.25) is 14.2 Å². The molecule has 0 aliphatic rings. The summed E-state index contributed by atoms with van der Waals surface area (Å²) < 4.78 is 3.53. The lowest BCUT2D eigenvalue weighted by molar-refractivity contribution is 0.102. The summed E-state index contributed by atoms with van der Waals surface area (Å²) in [5.41, 5.74) is 4.72. The maximum absolute atomic E-state index is 12.6. The number of hydrogen-bond donors (Lipinski definition) is 1. The highest BCUT2D eigenvalue weighted by Crippen LogP contribution is 2.23. The van der Waals surface area contributed by atoms with Crippen molar-refractivity contribution in [3.8, 4) is 0 Å². The Balaban J connectivity index is 1.86. The van der Waals surface area contributed by atoms with Crippen molar-refractivity contribution in [2.45, 2.75) is 27.3 Å². The standard InChI is InChI=1S/C18H20ClN5O/c1-11-17(21-18(25)15-9-20-23(4)12(15)2)13(3)24(22-11)10-14-7-5-6-8-16(14)19/h5-9H,10H2,1-4H3,(H,21,25). The van der Waals surface area contributed by atoms with E-state index in [0.717, 1.165) is 28.3 Å². The van der Waals surface area contributed by atoms with Crippen LogP contribution in [-0.2, 0) is 13.6 Å². The third kappa shape index (κ3) is 3.30. The maximum Gasteiger partial charge on any atom is 0.259 e. The van der Waals surface area contributed by atoms with Gasteiger partial charge in [0.1, 0.15) is 0 Å². The van der Waals surface area contributed by atoms with Gasteiger partial charge in [0.25, 0.3) is 5.91 Å². The molecular formula is C18H20ClN5O. The molecule has 2 aromatic heterocycles. The van der Waals surface area contributed by atoms with Gasteiger partial charge in [-0.1, -0.05) is 29.8 Å². The maximum atomic E-state index is 12.6. The van der Waals surface area contributed by atoms with Crippen molar-refractivity contribution in [1.29, 1.82) is 0 Å². The molecule has 130 valence electrons. The van der Waals surface area contributed by atoms with Gasteiger partial charge in [0.15, 0.2) is 0 Å². The van der Waals surface area contributed by atoms with Gasteiger partial charge in [0, 0.05) is 17.8 Å². The van der Waals surface area contributed by atoms with Gasteiger partial charge in [0.05, 0.1) is 35.4 Å². The first kappa shape index (κ1) is 17.2. The summed E-state index contributed by atoms with van der Waals surface area (Å²) in [7, 11) is 1.81. The smallest absolute Gasteiger partial charge is 0.259 e. The number of benzene rings is 1. The highest BCUT2D eigenvalue weighted by atomic mass is 35.5. The van der Waals surface area contributed by atoms with Crippen molar-refractivity contribution in [3.05, 3.63) is 63.7 Å². The number of carbonyl (C=O) groups is 1. The molecule has 0 aliphatic heterocycles. The molecule has 7 heteroatoms. The van der Waals surface area contributed by atoms with Crippen LogP contribution in [0.5, 0.6) is 0 Å². The van der Waals surface area contributed by atoms with Crippen LogP contribution in [0.25, 0.3) is 0 Å². The Morgan fingerprint density at radius 2 is 1.92 bits per heavy atom. The Labute approximate surface area is 151 Å². The van der Waals surface area contributed by atoms with Gasteiger partial charge in [-0.15, -0.1) is 0 Å². The largest absolute Gasteiger partial charge is 0.319 e. The second-order valence-electron chi connectivity index (χ2n) is 6.02. The van der Waals surface area contributed by atoms with Crippen LogP contribution in [-0.4, -0.2) is 25.5 Å². The van der Waals surface area contributed by atoms with Gasteiger partial charge in [-0.2, -0.15) is 10.2 Å². The second kappa shape index (κ2) is 6.72. The summed E-state index contributed by atoms with van der Waals surface area (Å²) in [6, 6.07) is 7.67. The first-order valence-electron chi connectivity index (χ1n) is 7.96. The van der Waals surface area contributed by atoms with Gasteiger partial charge in [-0.25, -0.2) is 0 Å². The number of amides is 1. The van der Waals surface area contributed by atoms with Crippen LogP contribution < -0.4 is 5.32 Å². The predicted molar refractivity (Wildman–Crippen MR) is 98.2 cm³/mol. The molecule has 1 N–H and O–H groups in total. The van der Waals surface area contributed by atoms with Crippen molar-refractivity contribution in [2.75, 3.05) is 5.32 Å². The van der Waals surface area contributed by atoms with Crippen LogP contribution in [0.1, 0.15) is 33.0 Å². The van der Waals surface area contributed by atoms with Crippen molar-refractivity contribution in [1.82, 2.24) is 19.6 Å². The van der Waals surface area contributed by atoms with E-state index in [1.165, 1.54) is 0 Å². The number of nitrogens with one attached hydrogen (secondary N) is 1. The average Bonchev–Trinajstić information content (AvgIpc) is 3.04. The first-order valence-corrected chi connectivity index (χ1v) is 8.33. The van der Waals surface area contributed by atoms with Crippen LogP contribution in [0, 0.1) is 20.8 Å². The van der Waals surface area contributed by atoms with E-state index >= 15 is 0 Å². The zero-order chi connectivity index (χ0) is 18.1. The highest BCUT2D eigenvalue weighted by molar-refractivity contribution is 6.31. The number of aromatic nitrogens is 4. The monoisotopic (exact) mass is 357 g/mol. The quantitative estimate of drug-likeness (QED) is 0.777. The Bertz CT molecular complexity index is 941. The number of carbonyl (C=O) groups excluding carboxylic acids is 1. The number of nitrogens with zero attached hydrogens (tertiary/aromatic N) is 4. The Morgan fingerprint density at radius 3 is 2.56 bits per heavy atom. The van der Waals surface area contributed by atoms with Crippen LogP contribution >= 0.6 is 11.6 Å². The van der Waals surface area contributed by atoms with E-state index in [9.17, 15) is 4.79 Å². The zero-order valence-corrected chi connectivity index (χ0v) is 15.4. The zero-order valence-electron chi connectivity index (χ0n) is 14.7. The molecule has 1 amide bonds. The fourth-order valence-electron chi connectivity index (χ4n) is 2.72. The molecule has 3 aromatic rings. The molecule has 0 bridgehead atoms. The molecule has 0 atom stereocenters. The van der Waals surface area contributed by atoms with E-state index in [1.807, 2.05) is 56.8 Å². The lowest BCUT2D eigenvalue weighted by Gasteiger charge is -2.08. The molecule has 0 spiro atoms. The topological polar surface area (TPSA) is 64.7 Å². The lowest BCUT2D eigenvalue weighted by atomic mass is 10.2. The fourth-order valence-corrected chi connectivity index (χ4v) is 2.92. The molecule has 3 rings (SSSR count). The number of rotatable bonds is 4. The number of halogens is 1. The molecule has 0 fully saturated rings. The second-order valence-corrected chi connectivity index (χ2v) is 6.42. The molecule has 0 saturated heterocycles. The summed E-state index contributed by atoms with van der Waals surface area (Å²) in [5, 5.41) is 12.3. The molecule has 1 aromatic carbocycles. The van der Waals surface area contributed by atoms with Crippen molar-refractivity contribution in [3.63, 3.8) is 0 Å². The van der Waals surface area contributed by atoms with Gasteiger partial charge >= 0.3 is 0 Å². The van der Waals surface area contributed by atoms with Gasteiger partial charge in [-0.05, 0) is 32.4 Å². The van der Waals surface area contributed by atoms with E-state index < -0.39 is 0 Å². The molecule has 0 unspecified atom stereocenters. The van der Waals surface area contributed by atoms with Crippen LogP contribution in [0.4, 0.5) is 5.69 Å². The molecule has 2 heterocycles. The minimum absolute atomic E-state index is 0.186. The molecule has 6 nitrogen and oxygen atoms in total. The normalized spacial score (nSPS) is 10.9. The molecule has 0 saturated carbocycles. The van der Waals surface area contributed by atoms with Crippen LogP contribution in [0.15, 0.2) is 30.5 Å². The van der Waals surface area contributed by atoms with E-state index in [2.05, 4.69) is 15.5 Å². The van der Waals surface area contributed by atoms with E-state index in [4.69, 9.17) is 11.6 Å². The molecular weight excluding hydrogens is 338 g/mol.